The molecule has 8 heteroatoms. The largest absolute Gasteiger partial charge is 0.486 e. The predicted molar refractivity (Wildman–Crippen MR) is 109 cm³/mol. The molecule has 0 aliphatic carbocycles. The van der Waals surface area contributed by atoms with E-state index in [2.05, 4.69) is 4.98 Å². The Morgan fingerprint density at radius 1 is 1.32 bits per heavy atom. The van der Waals surface area contributed by atoms with Crippen LogP contribution >= 0.6 is 22.9 Å². The molecular weight excluding hydrogens is 398 g/mol. The highest BCUT2D eigenvalue weighted by Gasteiger charge is 2.49. The molecule has 2 aliphatic rings. The topological polar surface area (TPSA) is 62.7 Å². The summed E-state index contributed by atoms with van der Waals surface area (Å²) in [7, 11) is 1.59. The number of thiazole rings is 1. The van der Waals surface area contributed by atoms with Crippen LogP contribution in [0.3, 0.4) is 0 Å². The van der Waals surface area contributed by atoms with Gasteiger partial charge in [0.05, 0.1) is 19.7 Å². The highest BCUT2D eigenvalue weighted by atomic mass is 35.5. The van der Waals surface area contributed by atoms with E-state index in [0.717, 1.165) is 22.7 Å². The average molecular weight is 420 g/mol. The first kappa shape index (κ1) is 19.2. The van der Waals surface area contributed by atoms with Crippen LogP contribution in [0.2, 0.25) is 5.02 Å². The van der Waals surface area contributed by atoms with E-state index >= 15 is 0 Å². The molecule has 1 atom stereocenters. The van der Waals surface area contributed by atoms with Crippen LogP contribution in [0.25, 0.3) is 0 Å². The molecule has 0 radical (unpaired) electrons. The summed E-state index contributed by atoms with van der Waals surface area (Å²) >= 11 is 7.66. The van der Waals surface area contributed by atoms with Crippen LogP contribution < -0.4 is 9.64 Å². The molecule has 0 bridgehead atoms. The Morgan fingerprint density at radius 3 is 2.86 bits per heavy atom. The third-order valence-electron chi connectivity index (χ3n) is 5.63. The maximum absolute atomic E-state index is 13.1. The Bertz CT molecular complexity index is 931. The molecule has 0 saturated carbocycles. The summed E-state index contributed by atoms with van der Waals surface area (Å²) in [5, 5.41) is 2.07. The molecule has 1 saturated heterocycles. The molecule has 4 rings (SSSR count). The van der Waals surface area contributed by atoms with Crippen molar-refractivity contribution in [2.45, 2.75) is 31.6 Å². The molecule has 1 spiro atoms. The Hall–Kier alpha value is -2.12. The normalized spacial score (nSPS) is 20.7. The lowest BCUT2D eigenvalue weighted by Crippen LogP contribution is -2.40. The van der Waals surface area contributed by atoms with Crippen molar-refractivity contribution in [3.05, 3.63) is 40.0 Å². The average Bonchev–Trinajstić information content (AvgIpc) is 3.40. The zero-order chi connectivity index (χ0) is 19.9. The second kappa shape index (κ2) is 7.37. The van der Waals surface area contributed by atoms with Crippen molar-refractivity contribution in [2.75, 3.05) is 31.6 Å². The molecule has 2 amide bonds. The summed E-state index contributed by atoms with van der Waals surface area (Å²) in [4.78, 5) is 33.3. The zero-order valence-corrected chi connectivity index (χ0v) is 17.5. The van der Waals surface area contributed by atoms with Gasteiger partial charge in [0, 0.05) is 42.2 Å². The van der Waals surface area contributed by atoms with E-state index in [0.29, 0.717) is 36.1 Å². The maximum atomic E-state index is 13.1. The van der Waals surface area contributed by atoms with Gasteiger partial charge in [-0.25, -0.2) is 4.98 Å². The summed E-state index contributed by atoms with van der Waals surface area (Å²) in [6, 6.07) is 5.68. The molecule has 0 unspecified atom stereocenters. The van der Waals surface area contributed by atoms with Crippen molar-refractivity contribution in [2.24, 2.45) is 0 Å². The van der Waals surface area contributed by atoms with E-state index in [9.17, 15) is 9.59 Å². The molecule has 2 aromatic rings. The first-order chi connectivity index (χ1) is 13.5. The third-order valence-corrected chi connectivity index (χ3v) is 6.82. The number of hydrogen-bond donors (Lipinski definition) is 0. The van der Waals surface area contributed by atoms with Crippen molar-refractivity contribution < 1.29 is 14.3 Å². The molecule has 0 N–H and O–H groups in total. The Labute approximate surface area is 173 Å². The number of carbonyl (C=O) groups excluding carboxylic acids is 2. The molecule has 1 aromatic heterocycles. The van der Waals surface area contributed by atoms with Gasteiger partial charge in [-0.05, 0) is 30.2 Å². The number of benzene rings is 1. The number of hydrogen-bond acceptors (Lipinski definition) is 5. The number of fused-ring (bicyclic) bond motifs is 2. The number of aromatic nitrogens is 1. The van der Waals surface area contributed by atoms with Crippen LogP contribution in [0, 0.1) is 0 Å². The minimum absolute atomic E-state index is 0.00211. The smallest absolute Gasteiger partial charge is 0.233 e. The lowest BCUT2D eigenvalue weighted by molar-refractivity contribution is -0.130. The van der Waals surface area contributed by atoms with Crippen molar-refractivity contribution in [1.82, 2.24) is 9.88 Å². The number of methoxy groups -OCH3 is 1. The third kappa shape index (κ3) is 3.26. The molecule has 3 heterocycles. The Balaban J connectivity index is 1.62. The predicted octanol–water partition coefficient (Wildman–Crippen LogP) is 3.27. The summed E-state index contributed by atoms with van der Waals surface area (Å²) in [5.41, 5.74) is 1.71. The molecule has 148 valence electrons. The number of anilines is 1. The van der Waals surface area contributed by atoms with Crippen LogP contribution in [0.4, 0.5) is 5.69 Å². The summed E-state index contributed by atoms with van der Waals surface area (Å²) < 4.78 is 5.17. The standard InChI is InChI=1S/C20H22ClN3O3S/c1-3-17(25)23-7-6-20(11-23)12-24(15-5-4-13(21)8-14(15)20)18(26)9-16-22-10-19(27-2)28-16/h4-5,8,10H,3,6-7,9,11-12H2,1-2H3/t20-/m1/s1. The number of carbonyl (C=O) groups is 2. The van der Waals surface area contributed by atoms with Gasteiger partial charge in [-0.15, -0.1) is 0 Å². The van der Waals surface area contributed by atoms with E-state index in [1.54, 1.807) is 13.3 Å². The van der Waals surface area contributed by atoms with Crippen molar-refractivity contribution in [3.63, 3.8) is 0 Å². The summed E-state index contributed by atoms with van der Waals surface area (Å²) in [5.74, 6) is 0.151. The van der Waals surface area contributed by atoms with E-state index in [4.69, 9.17) is 16.3 Å². The van der Waals surface area contributed by atoms with Gasteiger partial charge in [-0.1, -0.05) is 29.9 Å². The van der Waals surface area contributed by atoms with Gasteiger partial charge in [0.15, 0.2) is 5.06 Å². The second-order valence-corrected chi connectivity index (χ2v) is 8.81. The molecule has 1 fully saturated rings. The second-order valence-electron chi connectivity index (χ2n) is 7.29. The minimum atomic E-state index is -0.249. The van der Waals surface area contributed by atoms with E-state index in [1.165, 1.54) is 11.3 Å². The lowest BCUT2D eigenvalue weighted by atomic mass is 9.81. The first-order valence-corrected chi connectivity index (χ1v) is 10.5. The number of rotatable bonds is 4. The van der Waals surface area contributed by atoms with Crippen molar-refractivity contribution in [3.8, 4) is 5.06 Å². The number of ether oxygens (including phenoxy) is 1. The highest BCUT2D eigenvalue weighted by Crippen LogP contribution is 2.47. The van der Waals surface area contributed by atoms with Gasteiger partial charge < -0.3 is 14.5 Å². The van der Waals surface area contributed by atoms with Crippen LogP contribution in [0.5, 0.6) is 5.06 Å². The number of amides is 2. The van der Waals surface area contributed by atoms with E-state index < -0.39 is 0 Å². The van der Waals surface area contributed by atoms with Crippen molar-refractivity contribution >= 4 is 40.4 Å². The maximum Gasteiger partial charge on any atom is 0.233 e. The van der Waals surface area contributed by atoms with Gasteiger partial charge >= 0.3 is 0 Å². The van der Waals surface area contributed by atoms with Crippen LogP contribution in [0.15, 0.2) is 24.4 Å². The summed E-state index contributed by atoms with van der Waals surface area (Å²) in [6.07, 6.45) is 3.19. The van der Waals surface area contributed by atoms with E-state index in [1.807, 2.05) is 34.9 Å². The van der Waals surface area contributed by atoms with Crippen LogP contribution in [-0.2, 0) is 21.4 Å². The molecule has 1 aromatic carbocycles. The number of nitrogens with zero attached hydrogens (tertiary/aromatic N) is 3. The van der Waals surface area contributed by atoms with Gasteiger partial charge in [-0.2, -0.15) is 0 Å². The SMILES string of the molecule is CCC(=O)N1CC[C@@]2(C1)CN(C(=O)Cc1ncc(OC)s1)c1ccc(Cl)cc12. The summed E-state index contributed by atoms with van der Waals surface area (Å²) in [6.45, 7) is 3.79. The first-order valence-electron chi connectivity index (χ1n) is 9.32. The molecule has 2 aliphatic heterocycles. The van der Waals surface area contributed by atoms with E-state index in [-0.39, 0.29) is 23.7 Å². The molecule has 6 nitrogen and oxygen atoms in total. The molecule has 28 heavy (non-hydrogen) atoms. The number of likely N-dealkylation sites (tertiary alicyclic amines) is 1. The highest BCUT2D eigenvalue weighted by molar-refractivity contribution is 7.13. The molecular formula is C20H22ClN3O3S. The monoisotopic (exact) mass is 419 g/mol. The fourth-order valence-corrected chi connectivity index (χ4v) is 5.11. The Kier molecular flexibility index (Phi) is 5.05. The minimum Gasteiger partial charge on any atom is -0.486 e. The van der Waals surface area contributed by atoms with Gasteiger partial charge in [0.25, 0.3) is 0 Å². The van der Waals surface area contributed by atoms with Crippen LogP contribution in [-0.4, -0.2) is 48.4 Å². The van der Waals surface area contributed by atoms with Gasteiger partial charge in [0.2, 0.25) is 11.8 Å². The fourth-order valence-electron chi connectivity index (χ4n) is 4.22. The van der Waals surface area contributed by atoms with Crippen LogP contribution in [0.1, 0.15) is 30.3 Å². The zero-order valence-electron chi connectivity index (χ0n) is 15.9. The van der Waals surface area contributed by atoms with Gasteiger partial charge in [-0.3, -0.25) is 9.59 Å². The van der Waals surface area contributed by atoms with Crippen molar-refractivity contribution in [1.29, 1.82) is 0 Å². The Morgan fingerprint density at radius 2 is 2.14 bits per heavy atom. The lowest BCUT2D eigenvalue weighted by Gasteiger charge is -2.25. The fraction of sp³-hybridized carbons (Fsp3) is 0.450. The quantitative estimate of drug-likeness (QED) is 0.763. The number of halogens is 1. The van der Waals surface area contributed by atoms with Gasteiger partial charge in [0.1, 0.15) is 5.01 Å².